The number of hydrogen-bond acceptors (Lipinski definition) is 7. The Balaban J connectivity index is 0.000000577. The standard InChI is InChI=1S/C24H26F2N2O5S.C8H10.C2H6/c1-3-5-18-12-20(32-14-22(29)30)19(23(31)33-18)11-15-6-4-7-17(10-15)28-34-21-9-8-16(13-27-21)24(2,25)26;1-2-8-6-4-3-5-7-8;1-2/h4,6-10,13,18,28H,3,5,11-12,14H2,1-2H3,(H,29,30);3-7H,2H2,1H3;1-2H3. The molecule has 1 aliphatic heterocycles. The van der Waals surface area contributed by atoms with E-state index in [1.165, 1.54) is 29.6 Å². The minimum atomic E-state index is -2.95. The van der Waals surface area contributed by atoms with Gasteiger partial charge >= 0.3 is 11.9 Å². The molecule has 0 saturated heterocycles. The monoisotopic (exact) mass is 628 g/mol. The molecule has 0 spiro atoms. The summed E-state index contributed by atoms with van der Waals surface area (Å²) in [4.78, 5) is 27.7. The van der Waals surface area contributed by atoms with Gasteiger partial charge in [0.05, 0.1) is 5.57 Å². The maximum atomic E-state index is 13.3. The third-order valence-electron chi connectivity index (χ3n) is 6.33. The van der Waals surface area contributed by atoms with Gasteiger partial charge < -0.3 is 19.3 Å². The van der Waals surface area contributed by atoms with Crippen molar-refractivity contribution in [2.75, 3.05) is 11.3 Å². The van der Waals surface area contributed by atoms with E-state index in [1.54, 1.807) is 6.07 Å². The third kappa shape index (κ3) is 12.4. The second kappa shape index (κ2) is 18.7. The van der Waals surface area contributed by atoms with Crippen LogP contribution in [0.25, 0.3) is 0 Å². The normalized spacial score (nSPS) is 14.3. The highest BCUT2D eigenvalue weighted by Crippen LogP contribution is 2.30. The number of benzene rings is 2. The van der Waals surface area contributed by atoms with Gasteiger partial charge in [-0.05, 0) is 48.2 Å². The number of hydrogen-bond donors (Lipinski definition) is 2. The van der Waals surface area contributed by atoms with E-state index < -0.39 is 24.5 Å². The van der Waals surface area contributed by atoms with Crippen LogP contribution in [-0.4, -0.2) is 34.7 Å². The van der Waals surface area contributed by atoms with Crippen molar-refractivity contribution in [2.45, 2.75) is 83.8 Å². The van der Waals surface area contributed by atoms with E-state index in [9.17, 15) is 18.4 Å². The van der Waals surface area contributed by atoms with Gasteiger partial charge in [-0.1, -0.05) is 76.6 Å². The summed E-state index contributed by atoms with van der Waals surface area (Å²) >= 11 is 1.17. The molecule has 238 valence electrons. The first-order valence-corrected chi connectivity index (χ1v) is 15.6. The van der Waals surface area contributed by atoms with E-state index in [-0.39, 0.29) is 18.1 Å². The molecular formula is C34H42F2N2O5S. The first-order valence-electron chi connectivity index (χ1n) is 14.8. The Morgan fingerprint density at radius 2 is 1.80 bits per heavy atom. The Bertz CT molecular complexity index is 1350. The van der Waals surface area contributed by atoms with Crippen molar-refractivity contribution in [3.63, 3.8) is 0 Å². The van der Waals surface area contributed by atoms with Crippen LogP contribution in [0.2, 0.25) is 0 Å². The van der Waals surface area contributed by atoms with Crippen LogP contribution < -0.4 is 4.72 Å². The lowest BCUT2D eigenvalue weighted by atomic mass is 9.97. The van der Waals surface area contributed by atoms with E-state index in [0.29, 0.717) is 29.2 Å². The van der Waals surface area contributed by atoms with Crippen LogP contribution in [0.1, 0.15) is 70.6 Å². The van der Waals surface area contributed by atoms with Gasteiger partial charge in [0.25, 0.3) is 5.92 Å². The lowest BCUT2D eigenvalue weighted by Gasteiger charge is -2.26. The second-order valence-electron chi connectivity index (χ2n) is 9.80. The maximum Gasteiger partial charge on any atom is 0.341 e. The van der Waals surface area contributed by atoms with Crippen molar-refractivity contribution >= 4 is 29.6 Å². The van der Waals surface area contributed by atoms with Crippen molar-refractivity contribution < 1.29 is 33.0 Å². The Kier molecular flexibility index (Phi) is 15.4. The van der Waals surface area contributed by atoms with E-state index >= 15 is 0 Å². The fourth-order valence-corrected chi connectivity index (χ4v) is 4.72. The number of anilines is 1. The Labute approximate surface area is 263 Å². The van der Waals surface area contributed by atoms with Gasteiger partial charge in [0.2, 0.25) is 0 Å². The molecule has 1 aromatic heterocycles. The van der Waals surface area contributed by atoms with Gasteiger partial charge in [-0.25, -0.2) is 23.4 Å². The number of aryl methyl sites for hydroxylation is 1. The van der Waals surface area contributed by atoms with E-state index in [0.717, 1.165) is 37.2 Å². The fourth-order valence-electron chi connectivity index (χ4n) is 4.13. The number of ether oxygens (including phenoxy) is 2. The average molecular weight is 629 g/mol. The van der Waals surface area contributed by atoms with Gasteiger partial charge in [0.1, 0.15) is 16.9 Å². The van der Waals surface area contributed by atoms with Crippen LogP contribution in [-0.2, 0) is 37.8 Å². The molecule has 7 nitrogen and oxygen atoms in total. The molecule has 2 N–H and O–H groups in total. The van der Waals surface area contributed by atoms with E-state index in [1.807, 2.05) is 45.0 Å². The molecule has 10 heteroatoms. The summed E-state index contributed by atoms with van der Waals surface area (Å²) in [7, 11) is 0. The molecule has 0 bridgehead atoms. The molecular weight excluding hydrogens is 586 g/mol. The molecule has 0 fully saturated rings. The highest BCUT2D eigenvalue weighted by Gasteiger charge is 2.30. The number of carboxylic acids is 1. The number of pyridine rings is 1. The predicted molar refractivity (Wildman–Crippen MR) is 171 cm³/mol. The zero-order chi connectivity index (χ0) is 32.5. The van der Waals surface area contributed by atoms with Gasteiger partial charge in [-0.15, -0.1) is 0 Å². The van der Waals surface area contributed by atoms with Crippen molar-refractivity contribution in [3.05, 3.63) is 101 Å². The van der Waals surface area contributed by atoms with Crippen molar-refractivity contribution in [2.24, 2.45) is 0 Å². The lowest BCUT2D eigenvalue weighted by Crippen LogP contribution is -2.29. The average Bonchev–Trinajstić information content (AvgIpc) is 3.02. The quantitative estimate of drug-likeness (QED) is 0.152. The molecule has 44 heavy (non-hydrogen) atoms. The molecule has 1 atom stereocenters. The summed E-state index contributed by atoms with van der Waals surface area (Å²) in [6.07, 6.45) is 4.00. The molecule has 2 aromatic carbocycles. The second-order valence-corrected chi connectivity index (χ2v) is 10.6. The van der Waals surface area contributed by atoms with Crippen molar-refractivity contribution in [3.8, 4) is 0 Å². The van der Waals surface area contributed by atoms with Crippen LogP contribution in [0.15, 0.2) is 89.3 Å². The molecule has 1 aliphatic rings. The van der Waals surface area contributed by atoms with Crippen LogP contribution >= 0.6 is 11.9 Å². The third-order valence-corrected chi connectivity index (χ3v) is 7.11. The number of halogens is 2. The molecule has 0 radical (unpaired) electrons. The number of aliphatic carboxylic acids is 1. The van der Waals surface area contributed by atoms with Gasteiger partial charge in [-0.3, -0.25) is 0 Å². The van der Waals surface area contributed by atoms with E-state index in [2.05, 4.69) is 40.9 Å². The number of carbonyl (C=O) groups is 2. The molecule has 3 aromatic rings. The number of rotatable bonds is 12. The summed E-state index contributed by atoms with van der Waals surface area (Å²) in [5.74, 6) is -4.22. The van der Waals surface area contributed by atoms with Crippen molar-refractivity contribution in [1.29, 1.82) is 0 Å². The summed E-state index contributed by atoms with van der Waals surface area (Å²) in [5, 5.41) is 9.50. The summed E-state index contributed by atoms with van der Waals surface area (Å²) in [6, 6.07) is 20.6. The highest BCUT2D eigenvalue weighted by molar-refractivity contribution is 8.00. The summed E-state index contributed by atoms with van der Waals surface area (Å²) in [5.41, 5.74) is 3.06. The number of carboxylic acid groups (broad SMARTS) is 1. The fraction of sp³-hybridized carbons (Fsp3) is 0.382. The number of nitrogens with one attached hydrogen (secondary N) is 1. The van der Waals surface area contributed by atoms with Gasteiger partial charge in [0.15, 0.2) is 6.61 Å². The van der Waals surface area contributed by atoms with Crippen LogP contribution in [0, 0.1) is 0 Å². The van der Waals surface area contributed by atoms with Crippen LogP contribution in [0.5, 0.6) is 0 Å². The minimum Gasteiger partial charge on any atom is -0.486 e. The molecule has 4 rings (SSSR count). The molecule has 1 unspecified atom stereocenters. The Hall–Kier alpha value is -3.92. The molecule has 0 amide bonds. The van der Waals surface area contributed by atoms with Gasteiger partial charge in [-0.2, -0.15) is 0 Å². The number of aromatic nitrogens is 1. The first kappa shape index (κ1) is 36.3. The predicted octanol–water partition coefficient (Wildman–Crippen LogP) is 8.60. The van der Waals surface area contributed by atoms with Crippen LogP contribution in [0.3, 0.4) is 0 Å². The molecule has 2 heterocycles. The SMILES string of the molecule is CC.CCCC1CC(OCC(=O)O)=C(Cc2cccc(NSc3ccc(C(C)(F)F)cn3)c2)C(=O)O1.CCc1ccccc1. The topological polar surface area (TPSA) is 97.8 Å². The maximum absolute atomic E-state index is 13.3. The lowest BCUT2D eigenvalue weighted by molar-refractivity contribution is -0.149. The minimum absolute atomic E-state index is 0.159. The number of nitrogens with zero attached hydrogens (tertiary/aromatic N) is 1. The highest BCUT2D eigenvalue weighted by atomic mass is 32.2. The summed E-state index contributed by atoms with van der Waals surface area (Å²) in [6.45, 7) is 8.43. The zero-order valence-electron chi connectivity index (χ0n) is 25.9. The van der Waals surface area contributed by atoms with Crippen molar-refractivity contribution in [1.82, 2.24) is 4.98 Å². The smallest absolute Gasteiger partial charge is 0.341 e. The zero-order valence-corrected chi connectivity index (χ0v) is 26.8. The molecule has 0 aliphatic carbocycles. The summed E-state index contributed by atoms with van der Waals surface area (Å²) < 4.78 is 40.7. The van der Waals surface area contributed by atoms with E-state index in [4.69, 9.17) is 14.6 Å². The Morgan fingerprint density at radius 3 is 2.36 bits per heavy atom. The number of carbonyl (C=O) groups excluding carboxylic acids is 1. The number of esters is 1. The number of alkyl halides is 2. The number of cyclic esters (lactones) is 1. The molecule has 0 saturated carbocycles. The van der Waals surface area contributed by atoms with Gasteiger partial charge in [0, 0.05) is 49.2 Å². The largest absolute Gasteiger partial charge is 0.486 e. The Morgan fingerprint density at radius 1 is 1.09 bits per heavy atom. The van der Waals surface area contributed by atoms with Crippen LogP contribution in [0.4, 0.5) is 14.5 Å². The first-order chi connectivity index (χ1) is 21.1.